The quantitative estimate of drug-likeness (QED) is 0.593. The second kappa shape index (κ2) is 8.27. The molecule has 0 aliphatic rings. The molecule has 3 nitrogen and oxygen atoms in total. The van der Waals surface area contributed by atoms with Gasteiger partial charge in [0.25, 0.3) is 0 Å². The Morgan fingerprint density at radius 3 is 2.60 bits per heavy atom. The Hall–Kier alpha value is -2.18. The highest BCUT2D eigenvalue weighted by Gasteiger charge is 2.17. The van der Waals surface area contributed by atoms with Gasteiger partial charge in [0.1, 0.15) is 5.82 Å². The van der Waals surface area contributed by atoms with E-state index in [9.17, 15) is 9.18 Å². The molecule has 0 aliphatic carbocycles. The highest BCUT2D eigenvalue weighted by molar-refractivity contribution is 9.10. The van der Waals surface area contributed by atoms with E-state index in [4.69, 9.17) is 0 Å². The maximum absolute atomic E-state index is 13.8. The second-order valence-electron chi connectivity index (χ2n) is 5.40. The number of benzene rings is 2. The van der Waals surface area contributed by atoms with Crippen LogP contribution < -0.4 is 10.6 Å². The number of thiophene rings is 1. The molecule has 0 saturated heterocycles. The van der Waals surface area contributed by atoms with E-state index < -0.39 is 5.82 Å². The zero-order chi connectivity index (χ0) is 17.6. The van der Waals surface area contributed by atoms with Crippen LogP contribution in [0.1, 0.15) is 16.5 Å². The summed E-state index contributed by atoms with van der Waals surface area (Å²) in [5.41, 5.74) is 1.30. The maximum Gasteiger partial charge on any atom is 0.240 e. The van der Waals surface area contributed by atoms with Gasteiger partial charge >= 0.3 is 0 Å². The summed E-state index contributed by atoms with van der Waals surface area (Å²) in [6.07, 6.45) is 0. The van der Waals surface area contributed by atoms with Gasteiger partial charge in [0.2, 0.25) is 5.91 Å². The van der Waals surface area contributed by atoms with Gasteiger partial charge in [-0.2, -0.15) is 0 Å². The summed E-state index contributed by atoms with van der Waals surface area (Å²) in [5.74, 6) is -0.607. The summed E-state index contributed by atoms with van der Waals surface area (Å²) in [4.78, 5) is 13.4. The van der Waals surface area contributed by atoms with Crippen molar-refractivity contribution in [2.45, 2.75) is 6.04 Å². The largest absolute Gasteiger partial charge is 0.374 e. The number of hydrogen-bond acceptors (Lipinski definition) is 3. The van der Waals surface area contributed by atoms with E-state index in [0.29, 0.717) is 10.2 Å². The Morgan fingerprint density at radius 2 is 1.92 bits per heavy atom. The molecule has 2 N–H and O–H groups in total. The SMILES string of the molecule is O=C(CNc1ccc(Br)cc1F)NC(c1ccccc1)c1cccs1. The smallest absolute Gasteiger partial charge is 0.240 e. The summed E-state index contributed by atoms with van der Waals surface area (Å²) in [6.45, 7) is -0.00669. The molecule has 25 heavy (non-hydrogen) atoms. The molecule has 128 valence electrons. The molecule has 1 aromatic heterocycles. The van der Waals surface area contributed by atoms with Crippen molar-refractivity contribution in [2.75, 3.05) is 11.9 Å². The third-order valence-electron chi connectivity index (χ3n) is 3.64. The van der Waals surface area contributed by atoms with Crippen molar-refractivity contribution in [3.05, 3.63) is 86.8 Å². The second-order valence-corrected chi connectivity index (χ2v) is 7.30. The summed E-state index contributed by atoms with van der Waals surface area (Å²) in [5, 5.41) is 7.83. The van der Waals surface area contributed by atoms with Gasteiger partial charge in [0.15, 0.2) is 0 Å². The van der Waals surface area contributed by atoms with Crippen LogP contribution in [-0.2, 0) is 4.79 Å². The summed E-state index contributed by atoms with van der Waals surface area (Å²) in [7, 11) is 0. The number of halogens is 2. The maximum atomic E-state index is 13.8. The third kappa shape index (κ3) is 4.67. The van der Waals surface area contributed by atoms with Crippen molar-refractivity contribution in [2.24, 2.45) is 0 Å². The lowest BCUT2D eigenvalue weighted by atomic mass is 10.1. The summed E-state index contributed by atoms with van der Waals surface area (Å²) < 4.78 is 14.5. The van der Waals surface area contributed by atoms with Crippen molar-refractivity contribution in [1.82, 2.24) is 5.32 Å². The predicted molar refractivity (Wildman–Crippen MR) is 103 cm³/mol. The van der Waals surface area contributed by atoms with Crippen LogP contribution in [0.4, 0.5) is 10.1 Å². The van der Waals surface area contributed by atoms with Crippen LogP contribution in [0.25, 0.3) is 0 Å². The molecule has 0 radical (unpaired) electrons. The molecule has 1 atom stereocenters. The Labute approximate surface area is 158 Å². The van der Waals surface area contributed by atoms with Crippen LogP contribution >= 0.6 is 27.3 Å². The van der Waals surface area contributed by atoms with E-state index in [1.54, 1.807) is 23.5 Å². The van der Waals surface area contributed by atoms with Crippen molar-refractivity contribution in [3.8, 4) is 0 Å². The van der Waals surface area contributed by atoms with Gasteiger partial charge in [-0.25, -0.2) is 4.39 Å². The van der Waals surface area contributed by atoms with Crippen molar-refractivity contribution >= 4 is 38.9 Å². The Kier molecular flexibility index (Phi) is 5.83. The summed E-state index contributed by atoms with van der Waals surface area (Å²) in [6, 6.07) is 18.2. The lowest BCUT2D eigenvalue weighted by molar-refractivity contribution is -0.119. The first-order valence-electron chi connectivity index (χ1n) is 7.70. The zero-order valence-electron chi connectivity index (χ0n) is 13.2. The average Bonchev–Trinajstić information content (AvgIpc) is 3.14. The average molecular weight is 419 g/mol. The molecule has 1 unspecified atom stereocenters. The van der Waals surface area contributed by atoms with Crippen molar-refractivity contribution in [3.63, 3.8) is 0 Å². The van der Waals surface area contributed by atoms with E-state index >= 15 is 0 Å². The molecule has 3 rings (SSSR count). The molecule has 0 spiro atoms. The van der Waals surface area contributed by atoms with Gasteiger partial charge in [-0.05, 0) is 35.2 Å². The molecule has 0 saturated carbocycles. The number of anilines is 1. The zero-order valence-corrected chi connectivity index (χ0v) is 15.6. The van der Waals surface area contributed by atoms with Crippen LogP contribution in [0.5, 0.6) is 0 Å². The van der Waals surface area contributed by atoms with Crippen LogP contribution in [0.2, 0.25) is 0 Å². The molecule has 1 heterocycles. The minimum Gasteiger partial charge on any atom is -0.374 e. The molecular weight excluding hydrogens is 403 g/mol. The number of carbonyl (C=O) groups excluding carboxylic acids is 1. The Morgan fingerprint density at radius 1 is 1.12 bits per heavy atom. The topological polar surface area (TPSA) is 41.1 Å². The minimum absolute atomic E-state index is 0.00669. The molecule has 0 bridgehead atoms. The monoisotopic (exact) mass is 418 g/mol. The summed E-state index contributed by atoms with van der Waals surface area (Å²) >= 11 is 4.80. The van der Waals surface area contributed by atoms with Gasteiger partial charge < -0.3 is 10.6 Å². The van der Waals surface area contributed by atoms with Crippen LogP contribution in [0.15, 0.2) is 70.5 Å². The Balaban J connectivity index is 1.68. The lowest BCUT2D eigenvalue weighted by Gasteiger charge is -2.18. The van der Waals surface area contributed by atoms with Crippen molar-refractivity contribution in [1.29, 1.82) is 0 Å². The van der Waals surface area contributed by atoms with Crippen molar-refractivity contribution < 1.29 is 9.18 Å². The standard InChI is InChI=1S/C19H16BrFN2OS/c20-14-8-9-16(15(21)11-14)22-12-18(24)23-19(17-7-4-10-25-17)13-5-2-1-3-6-13/h1-11,19,22H,12H2,(H,23,24). The Bertz CT molecular complexity index is 840. The molecule has 0 aliphatic heterocycles. The molecular formula is C19H16BrFN2OS. The first-order chi connectivity index (χ1) is 12.1. The fourth-order valence-corrected chi connectivity index (χ4v) is 3.58. The highest BCUT2D eigenvalue weighted by atomic mass is 79.9. The van der Waals surface area contributed by atoms with Gasteiger partial charge in [0.05, 0.1) is 18.3 Å². The van der Waals surface area contributed by atoms with E-state index in [2.05, 4.69) is 26.6 Å². The van der Waals surface area contributed by atoms with Gasteiger partial charge in [-0.3, -0.25) is 4.79 Å². The molecule has 2 aromatic carbocycles. The molecule has 1 amide bonds. The molecule has 6 heteroatoms. The normalized spacial score (nSPS) is 11.8. The fourth-order valence-electron chi connectivity index (χ4n) is 2.44. The van der Waals surface area contributed by atoms with Crippen LogP contribution in [-0.4, -0.2) is 12.5 Å². The van der Waals surface area contributed by atoms with E-state index in [1.807, 2.05) is 47.8 Å². The lowest BCUT2D eigenvalue weighted by Crippen LogP contribution is -2.33. The predicted octanol–water partition coefficient (Wildman–Crippen LogP) is 4.97. The van der Waals surface area contributed by atoms with E-state index in [-0.39, 0.29) is 18.5 Å². The van der Waals surface area contributed by atoms with E-state index in [0.717, 1.165) is 10.4 Å². The first-order valence-corrected chi connectivity index (χ1v) is 9.37. The fraction of sp³-hybridized carbons (Fsp3) is 0.105. The first kappa shape index (κ1) is 17.6. The van der Waals surface area contributed by atoms with Gasteiger partial charge in [-0.1, -0.05) is 52.3 Å². The number of amides is 1. The molecule has 0 fully saturated rings. The number of hydrogen-bond donors (Lipinski definition) is 2. The third-order valence-corrected chi connectivity index (χ3v) is 5.07. The van der Waals surface area contributed by atoms with Gasteiger partial charge in [0, 0.05) is 9.35 Å². The number of carbonyl (C=O) groups is 1. The van der Waals surface area contributed by atoms with Crippen LogP contribution in [0, 0.1) is 5.82 Å². The molecule has 3 aromatic rings. The van der Waals surface area contributed by atoms with Crippen LogP contribution in [0.3, 0.4) is 0 Å². The van der Waals surface area contributed by atoms with E-state index in [1.165, 1.54) is 6.07 Å². The number of rotatable bonds is 6. The minimum atomic E-state index is -0.403. The van der Waals surface area contributed by atoms with Gasteiger partial charge in [-0.15, -0.1) is 11.3 Å². The number of nitrogens with one attached hydrogen (secondary N) is 2. The highest BCUT2D eigenvalue weighted by Crippen LogP contribution is 2.26.